The highest BCUT2D eigenvalue weighted by molar-refractivity contribution is 9.11. The van der Waals surface area contributed by atoms with Gasteiger partial charge in [0.2, 0.25) is 0 Å². The molecule has 12 heavy (non-hydrogen) atoms. The fourth-order valence-electron chi connectivity index (χ4n) is 0.744. The molecule has 0 bridgehead atoms. The maximum Gasteiger partial charge on any atom is 0.0701 e. The average Bonchev–Trinajstić information content (AvgIpc) is 2.45. The van der Waals surface area contributed by atoms with Gasteiger partial charge in [0, 0.05) is 23.5 Å². The van der Waals surface area contributed by atoms with Crippen LogP contribution >= 0.6 is 39.0 Å². The van der Waals surface area contributed by atoms with E-state index in [9.17, 15) is 0 Å². The number of halogens is 1. The van der Waals surface area contributed by atoms with E-state index in [0.717, 1.165) is 18.1 Å². The van der Waals surface area contributed by atoms with Gasteiger partial charge in [-0.05, 0) is 28.1 Å². The molecule has 1 heterocycles. The van der Waals surface area contributed by atoms with Gasteiger partial charge in [-0.25, -0.2) is 0 Å². The number of thioether (sulfide) groups is 1. The zero-order valence-corrected chi connectivity index (χ0v) is 10.1. The Hall–Kier alpha value is 0.490. The lowest BCUT2D eigenvalue weighted by Crippen LogP contribution is -1.91. The van der Waals surface area contributed by atoms with Crippen LogP contribution in [0.25, 0.3) is 0 Å². The molecule has 0 spiro atoms. The van der Waals surface area contributed by atoms with Crippen molar-refractivity contribution in [3.05, 3.63) is 20.8 Å². The monoisotopic (exact) mass is 266 g/mol. The highest BCUT2D eigenvalue weighted by Gasteiger charge is 1.96. The smallest absolute Gasteiger partial charge is 0.0701 e. The molecule has 68 valence electrons. The molecule has 0 aliphatic rings. The number of ether oxygens (including phenoxy) is 1. The second-order valence-electron chi connectivity index (χ2n) is 2.25. The summed E-state index contributed by atoms with van der Waals surface area (Å²) in [6, 6.07) is 4.26. The third kappa shape index (κ3) is 3.94. The molecule has 1 nitrogen and oxygen atoms in total. The molecule has 0 fully saturated rings. The highest BCUT2D eigenvalue weighted by atomic mass is 79.9. The Morgan fingerprint density at radius 2 is 2.42 bits per heavy atom. The van der Waals surface area contributed by atoms with Crippen molar-refractivity contribution in [3.63, 3.8) is 0 Å². The van der Waals surface area contributed by atoms with E-state index in [0.29, 0.717) is 0 Å². The van der Waals surface area contributed by atoms with Crippen molar-refractivity contribution in [1.29, 1.82) is 0 Å². The quantitative estimate of drug-likeness (QED) is 0.756. The molecule has 1 aromatic rings. The van der Waals surface area contributed by atoms with E-state index in [2.05, 4.69) is 28.1 Å². The number of hydrogen-bond acceptors (Lipinski definition) is 3. The summed E-state index contributed by atoms with van der Waals surface area (Å²) in [7, 11) is 1.74. The van der Waals surface area contributed by atoms with Crippen LogP contribution in [0.4, 0.5) is 0 Å². The fourth-order valence-corrected chi connectivity index (χ4v) is 3.23. The van der Waals surface area contributed by atoms with Crippen LogP contribution in [0, 0.1) is 0 Å². The first-order valence-electron chi connectivity index (χ1n) is 3.64. The molecule has 0 saturated carbocycles. The first-order chi connectivity index (χ1) is 5.83. The fraction of sp³-hybridized carbons (Fsp3) is 0.500. The van der Waals surface area contributed by atoms with Gasteiger partial charge in [0.1, 0.15) is 0 Å². The second-order valence-corrected chi connectivity index (χ2v) is 5.90. The van der Waals surface area contributed by atoms with E-state index in [1.165, 1.54) is 8.66 Å². The lowest BCUT2D eigenvalue weighted by atomic mass is 10.5. The molecule has 0 aromatic carbocycles. The molecule has 4 heteroatoms. The van der Waals surface area contributed by atoms with Gasteiger partial charge >= 0.3 is 0 Å². The van der Waals surface area contributed by atoms with Gasteiger partial charge in [-0.15, -0.1) is 11.3 Å². The Balaban J connectivity index is 2.15. The summed E-state index contributed by atoms with van der Waals surface area (Å²) in [5.41, 5.74) is 0. The maximum atomic E-state index is 4.96. The zero-order valence-electron chi connectivity index (χ0n) is 6.88. The van der Waals surface area contributed by atoms with Crippen LogP contribution in [0.3, 0.4) is 0 Å². The van der Waals surface area contributed by atoms with E-state index in [1.54, 1.807) is 18.4 Å². The third-order valence-corrected chi connectivity index (χ3v) is 4.08. The lowest BCUT2D eigenvalue weighted by molar-refractivity contribution is 0.218. The summed E-state index contributed by atoms with van der Waals surface area (Å²) in [6.07, 6.45) is 0. The lowest BCUT2D eigenvalue weighted by Gasteiger charge is -1.97. The normalized spacial score (nSPS) is 10.5. The summed E-state index contributed by atoms with van der Waals surface area (Å²) in [6.45, 7) is 0.844. The summed E-state index contributed by atoms with van der Waals surface area (Å²) in [5.74, 6) is 2.17. The van der Waals surface area contributed by atoms with Crippen molar-refractivity contribution in [2.75, 3.05) is 19.5 Å². The van der Waals surface area contributed by atoms with E-state index >= 15 is 0 Å². The largest absolute Gasteiger partial charge is 0.384 e. The molecule has 0 radical (unpaired) electrons. The van der Waals surface area contributed by atoms with Gasteiger partial charge in [-0.3, -0.25) is 0 Å². The zero-order chi connectivity index (χ0) is 8.81. The minimum absolute atomic E-state index is 0.844. The Labute approximate surface area is 89.6 Å². The van der Waals surface area contributed by atoms with Crippen LogP contribution in [-0.4, -0.2) is 19.5 Å². The minimum Gasteiger partial charge on any atom is -0.384 e. The molecule has 0 aliphatic carbocycles. The van der Waals surface area contributed by atoms with Gasteiger partial charge in [0.05, 0.1) is 10.4 Å². The van der Waals surface area contributed by atoms with Gasteiger partial charge in [0.15, 0.2) is 0 Å². The maximum absolute atomic E-state index is 4.96. The average molecular weight is 267 g/mol. The molecular weight excluding hydrogens is 256 g/mol. The summed E-state index contributed by atoms with van der Waals surface area (Å²) in [4.78, 5) is 1.42. The molecule has 0 saturated heterocycles. The van der Waals surface area contributed by atoms with Crippen molar-refractivity contribution in [3.8, 4) is 0 Å². The molecule has 1 aromatic heterocycles. The van der Waals surface area contributed by atoms with Gasteiger partial charge < -0.3 is 4.74 Å². The third-order valence-electron chi connectivity index (χ3n) is 1.30. The summed E-state index contributed by atoms with van der Waals surface area (Å²) >= 11 is 7.15. The highest BCUT2D eigenvalue weighted by Crippen LogP contribution is 2.25. The van der Waals surface area contributed by atoms with Crippen LogP contribution < -0.4 is 0 Å². The molecule has 0 N–H and O–H groups in total. The topological polar surface area (TPSA) is 9.23 Å². The predicted octanol–water partition coefficient (Wildman–Crippen LogP) is 3.39. The summed E-state index contributed by atoms with van der Waals surface area (Å²) < 4.78 is 6.17. The first kappa shape index (κ1) is 10.6. The van der Waals surface area contributed by atoms with E-state index in [1.807, 2.05) is 11.8 Å². The molecule has 0 aliphatic heterocycles. The minimum atomic E-state index is 0.844. The van der Waals surface area contributed by atoms with Crippen LogP contribution in [-0.2, 0) is 10.5 Å². The Bertz CT molecular complexity index is 225. The van der Waals surface area contributed by atoms with E-state index in [4.69, 9.17) is 4.74 Å². The Morgan fingerprint density at radius 1 is 1.58 bits per heavy atom. The van der Waals surface area contributed by atoms with Crippen LogP contribution in [0.1, 0.15) is 4.88 Å². The van der Waals surface area contributed by atoms with Crippen molar-refractivity contribution < 1.29 is 4.74 Å². The molecule has 0 amide bonds. The second kappa shape index (κ2) is 6.02. The molecular formula is C8H11BrOS2. The summed E-state index contributed by atoms with van der Waals surface area (Å²) in [5, 5.41) is 0. The Morgan fingerprint density at radius 3 is 3.00 bits per heavy atom. The molecule has 0 unspecified atom stereocenters. The van der Waals surface area contributed by atoms with Crippen molar-refractivity contribution >= 4 is 39.0 Å². The predicted molar refractivity (Wildman–Crippen MR) is 60.1 cm³/mol. The SMILES string of the molecule is COCCSCc1ccc(Br)s1. The van der Waals surface area contributed by atoms with Gasteiger partial charge in [0.25, 0.3) is 0 Å². The van der Waals surface area contributed by atoms with Crippen LogP contribution in [0.15, 0.2) is 15.9 Å². The standard InChI is InChI=1S/C8H11BrOS2/c1-10-4-5-11-6-7-2-3-8(9)12-7/h2-3H,4-6H2,1H3. The number of methoxy groups -OCH3 is 1. The first-order valence-corrected chi connectivity index (χ1v) is 6.40. The number of thiophene rings is 1. The van der Waals surface area contributed by atoms with E-state index < -0.39 is 0 Å². The van der Waals surface area contributed by atoms with Crippen LogP contribution in [0.2, 0.25) is 0 Å². The van der Waals surface area contributed by atoms with Crippen molar-refractivity contribution in [2.45, 2.75) is 5.75 Å². The Kier molecular flexibility index (Phi) is 5.30. The van der Waals surface area contributed by atoms with Crippen LogP contribution in [0.5, 0.6) is 0 Å². The van der Waals surface area contributed by atoms with Gasteiger partial charge in [-0.1, -0.05) is 0 Å². The van der Waals surface area contributed by atoms with E-state index in [-0.39, 0.29) is 0 Å². The molecule has 0 atom stereocenters. The van der Waals surface area contributed by atoms with Crippen molar-refractivity contribution in [1.82, 2.24) is 0 Å². The molecule has 1 rings (SSSR count). The van der Waals surface area contributed by atoms with Crippen molar-refractivity contribution in [2.24, 2.45) is 0 Å². The van der Waals surface area contributed by atoms with Gasteiger partial charge in [-0.2, -0.15) is 11.8 Å². The number of hydrogen-bond donors (Lipinski definition) is 0. The number of rotatable bonds is 5.